The molecule has 2 aromatic carbocycles. The van der Waals surface area contributed by atoms with E-state index in [9.17, 15) is 9.18 Å². The van der Waals surface area contributed by atoms with Gasteiger partial charge in [0.05, 0.1) is 16.9 Å². The van der Waals surface area contributed by atoms with E-state index in [1.165, 1.54) is 16.8 Å². The van der Waals surface area contributed by atoms with Gasteiger partial charge in [-0.05, 0) is 43.3 Å². The topological polar surface area (TPSA) is 44.1 Å². The average molecular weight is 375 g/mol. The number of aryl methyl sites for hydroxylation is 1. The Hall–Kier alpha value is -2.47. The fraction of sp³-hybridized carbons (Fsp3) is 0.0588. The first-order chi connectivity index (χ1) is 11.0. The van der Waals surface area contributed by atoms with Crippen molar-refractivity contribution >= 4 is 21.9 Å². The fourth-order valence-electron chi connectivity index (χ4n) is 2.11. The van der Waals surface area contributed by atoms with Crippen molar-refractivity contribution in [3.8, 4) is 11.6 Å². The first-order valence-electron chi connectivity index (χ1n) is 6.83. The second-order valence-corrected chi connectivity index (χ2v) is 5.83. The highest BCUT2D eigenvalue weighted by molar-refractivity contribution is 9.10. The molecule has 0 aliphatic carbocycles. The Bertz CT molecular complexity index is 877. The maximum Gasteiger partial charge on any atom is 0.344 e. The second kappa shape index (κ2) is 6.34. The lowest BCUT2D eigenvalue weighted by Gasteiger charge is -2.08. The number of ether oxygens (including phenoxy) is 1. The lowest BCUT2D eigenvalue weighted by atomic mass is 10.2. The fourth-order valence-corrected chi connectivity index (χ4v) is 2.51. The van der Waals surface area contributed by atoms with Gasteiger partial charge in [-0.3, -0.25) is 0 Å². The number of benzene rings is 2. The molecule has 3 aromatic rings. The van der Waals surface area contributed by atoms with Gasteiger partial charge in [-0.2, -0.15) is 5.10 Å². The lowest BCUT2D eigenvalue weighted by molar-refractivity contribution is 0.0723. The van der Waals surface area contributed by atoms with Gasteiger partial charge in [0.25, 0.3) is 0 Å². The molecule has 6 heteroatoms. The first-order valence-corrected chi connectivity index (χ1v) is 7.62. The minimum absolute atomic E-state index is 0.234. The van der Waals surface area contributed by atoms with Crippen LogP contribution in [0.1, 0.15) is 16.1 Å². The Balaban J connectivity index is 1.93. The number of hydrogen-bond donors (Lipinski definition) is 0. The predicted octanol–water partition coefficient (Wildman–Crippen LogP) is 4.30. The minimum atomic E-state index is -0.510. The first kappa shape index (κ1) is 15.4. The van der Waals surface area contributed by atoms with E-state index < -0.39 is 5.97 Å². The molecule has 3 rings (SSSR count). The van der Waals surface area contributed by atoms with Crippen LogP contribution in [0, 0.1) is 12.7 Å². The van der Waals surface area contributed by atoms with Gasteiger partial charge in [0.2, 0.25) is 5.88 Å². The smallest absolute Gasteiger partial charge is 0.344 e. The summed E-state index contributed by atoms with van der Waals surface area (Å²) in [6.07, 6.45) is 0. The molecule has 0 spiro atoms. The third-order valence-corrected chi connectivity index (χ3v) is 3.60. The normalized spacial score (nSPS) is 10.6. The molecule has 0 unspecified atom stereocenters. The largest absolute Gasteiger partial charge is 0.404 e. The summed E-state index contributed by atoms with van der Waals surface area (Å²) >= 11 is 3.31. The van der Waals surface area contributed by atoms with Gasteiger partial charge < -0.3 is 4.74 Å². The molecular formula is C17H12BrFN2O2. The van der Waals surface area contributed by atoms with Crippen LogP contribution in [0.5, 0.6) is 5.88 Å². The molecule has 0 aliphatic rings. The molecule has 116 valence electrons. The molecule has 0 saturated carbocycles. The highest BCUT2D eigenvalue weighted by Crippen LogP contribution is 2.21. The number of halogens is 2. The summed E-state index contributed by atoms with van der Waals surface area (Å²) in [5.41, 5.74) is 1.55. The molecule has 0 radical (unpaired) electrons. The van der Waals surface area contributed by atoms with Crippen LogP contribution in [-0.2, 0) is 0 Å². The van der Waals surface area contributed by atoms with Crippen molar-refractivity contribution in [1.82, 2.24) is 9.78 Å². The van der Waals surface area contributed by atoms with Crippen LogP contribution in [0.25, 0.3) is 5.69 Å². The Morgan fingerprint density at radius 2 is 1.96 bits per heavy atom. The minimum Gasteiger partial charge on any atom is -0.404 e. The Morgan fingerprint density at radius 3 is 2.70 bits per heavy atom. The number of carbonyl (C=O) groups is 1. The zero-order valence-electron chi connectivity index (χ0n) is 12.2. The number of aromatic nitrogens is 2. The van der Waals surface area contributed by atoms with Crippen molar-refractivity contribution in [3.05, 3.63) is 76.1 Å². The number of nitrogens with zero attached hydrogens (tertiary/aromatic N) is 2. The van der Waals surface area contributed by atoms with Crippen molar-refractivity contribution < 1.29 is 13.9 Å². The summed E-state index contributed by atoms with van der Waals surface area (Å²) < 4.78 is 21.0. The Kier molecular flexibility index (Phi) is 4.25. The summed E-state index contributed by atoms with van der Waals surface area (Å²) in [6.45, 7) is 1.77. The zero-order valence-corrected chi connectivity index (χ0v) is 13.7. The van der Waals surface area contributed by atoms with E-state index in [0.29, 0.717) is 16.9 Å². The molecule has 23 heavy (non-hydrogen) atoms. The van der Waals surface area contributed by atoms with Crippen LogP contribution in [0.2, 0.25) is 0 Å². The Labute approximate surface area is 140 Å². The summed E-state index contributed by atoms with van der Waals surface area (Å²) in [6, 6.07) is 14.4. The third-order valence-electron chi connectivity index (χ3n) is 3.11. The van der Waals surface area contributed by atoms with Gasteiger partial charge in [0.15, 0.2) is 0 Å². The molecular weight excluding hydrogens is 363 g/mol. The molecule has 0 fully saturated rings. The van der Waals surface area contributed by atoms with Gasteiger partial charge in [0, 0.05) is 10.5 Å². The average Bonchev–Trinajstić information content (AvgIpc) is 2.88. The van der Waals surface area contributed by atoms with Crippen molar-refractivity contribution in [2.24, 2.45) is 0 Å². The van der Waals surface area contributed by atoms with E-state index in [1.807, 2.05) is 6.07 Å². The molecule has 0 aliphatic heterocycles. The monoisotopic (exact) mass is 374 g/mol. The molecule has 1 heterocycles. The van der Waals surface area contributed by atoms with Crippen molar-refractivity contribution in [2.45, 2.75) is 6.92 Å². The van der Waals surface area contributed by atoms with Crippen LogP contribution in [0.15, 0.2) is 59.1 Å². The van der Waals surface area contributed by atoms with Gasteiger partial charge in [-0.25, -0.2) is 13.9 Å². The maximum absolute atomic E-state index is 13.4. The predicted molar refractivity (Wildman–Crippen MR) is 87.4 cm³/mol. The second-order valence-electron chi connectivity index (χ2n) is 4.92. The molecule has 4 nitrogen and oxygen atoms in total. The number of carbonyl (C=O) groups excluding carboxylic acids is 1. The van der Waals surface area contributed by atoms with E-state index >= 15 is 0 Å². The van der Waals surface area contributed by atoms with Gasteiger partial charge >= 0.3 is 5.97 Å². The van der Waals surface area contributed by atoms with Gasteiger partial charge in [-0.1, -0.05) is 28.1 Å². The van der Waals surface area contributed by atoms with E-state index in [4.69, 9.17) is 4.74 Å². The summed E-state index contributed by atoms with van der Waals surface area (Å²) in [5.74, 6) is -0.665. The lowest BCUT2D eigenvalue weighted by Crippen LogP contribution is -2.11. The van der Waals surface area contributed by atoms with Gasteiger partial charge in [0.1, 0.15) is 5.82 Å². The summed E-state index contributed by atoms with van der Waals surface area (Å²) in [4.78, 5) is 12.3. The van der Waals surface area contributed by atoms with E-state index in [1.54, 1.807) is 43.3 Å². The van der Waals surface area contributed by atoms with Crippen LogP contribution >= 0.6 is 15.9 Å². The number of esters is 1. The molecule has 0 N–H and O–H groups in total. The summed E-state index contributed by atoms with van der Waals surface area (Å²) in [7, 11) is 0. The maximum atomic E-state index is 13.4. The zero-order chi connectivity index (χ0) is 16.4. The standard InChI is InChI=1S/C17H12BrFN2O2/c1-11-8-16(21(20-11)15-7-3-6-14(19)10-15)23-17(22)12-4-2-5-13(18)9-12/h2-10H,1H3. The molecule has 0 saturated heterocycles. The SMILES string of the molecule is Cc1cc(OC(=O)c2cccc(Br)c2)n(-c2cccc(F)c2)n1. The van der Waals surface area contributed by atoms with Crippen molar-refractivity contribution in [1.29, 1.82) is 0 Å². The highest BCUT2D eigenvalue weighted by Gasteiger charge is 2.15. The number of rotatable bonds is 3. The van der Waals surface area contributed by atoms with E-state index in [2.05, 4.69) is 21.0 Å². The van der Waals surface area contributed by atoms with Crippen molar-refractivity contribution in [3.63, 3.8) is 0 Å². The van der Waals surface area contributed by atoms with Crippen LogP contribution in [0.3, 0.4) is 0 Å². The van der Waals surface area contributed by atoms with Crippen molar-refractivity contribution in [2.75, 3.05) is 0 Å². The number of hydrogen-bond acceptors (Lipinski definition) is 3. The van der Waals surface area contributed by atoms with Gasteiger partial charge in [-0.15, -0.1) is 0 Å². The molecule has 0 amide bonds. The third kappa shape index (κ3) is 3.48. The molecule has 1 aromatic heterocycles. The molecule has 0 bridgehead atoms. The van der Waals surface area contributed by atoms with E-state index in [0.717, 1.165) is 4.47 Å². The quantitative estimate of drug-likeness (QED) is 0.641. The van der Waals surface area contributed by atoms with Crippen LogP contribution < -0.4 is 4.74 Å². The summed E-state index contributed by atoms with van der Waals surface area (Å²) in [5, 5.41) is 4.25. The van der Waals surface area contributed by atoms with E-state index in [-0.39, 0.29) is 11.7 Å². The van der Waals surface area contributed by atoms with Crippen LogP contribution in [-0.4, -0.2) is 15.7 Å². The highest BCUT2D eigenvalue weighted by atomic mass is 79.9. The molecule has 0 atom stereocenters. The Morgan fingerprint density at radius 1 is 1.17 bits per heavy atom. The van der Waals surface area contributed by atoms with Crippen LogP contribution in [0.4, 0.5) is 4.39 Å².